The molecule has 1 aliphatic carbocycles. The summed E-state index contributed by atoms with van der Waals surface area (Å²) in [5.74, 6) is -2.30. The molecule has 0 aliphatic heterocycles. The Balaban J connectivity index is 2.27. The molecule has 0 amide bonds. The molecule has 0 fully saturated rings. The molecule has 0 N–H and O–H groups in total. The largest absolute Gasteiger partial charge is 0.435 e. The minimum Gasteiger partial charge on any atom is -0.236 e. The maximum atomic E-state index is 13.9. The Bertz CT molecular complexity index is 906. The summed E-state index contributed by atoms with van der Waals surface area (Å²) < 4.78 is 68.5. The third-order valence-electron chi connectivity index (χ3n) is 4.00. The Morgan fingerprint density at radius 2 is 1.80 bits per heavy atom. The molecule has 8 heteroatoms. The van der Waals surface area contributed by atoms with E-state index in [2.05, 4.69) is 5.10 Å². The number of nitrogens with zero attached hydrogens (tertiary/aromatic N) is 3. The van der Waals surface area contributed by atoms with E-state index in [1.807, 2.05) is 13.8 Å². The number of benzene rings is 1. The Kier molecular flexibility index (Phi) is 3.71. The van der Waals surface area contributed by atoms with Crippen LogP contribution in [0.2, 0.25) is 0 Å². The third-order valence-corrected chi connectivity index (χ3v) is 4.00. The number of hydrogen-bond acceptors (Lipinski definition) is 2. The summed E-state index contributed by atoms with van der Waals surface area (Å²) >= 11 is 0. The van der Waals surface area contributed by atoms with E-state index in [1.54, 1.807) is 6.08 Å². The van der Waals surface area contributed by atoms with Crippen molar-refractivity contribution in [2.75, 3.05) is 0 Å². The van der Waals surface area contributed by atoms with Gasteiger partial charge in [-0.15, -0.1) is 0 Å². The van der Waals surface area contributed by atoms with Gasteiger partial charge in [-0.3, -0.25) is 0 Å². The first-order valence-electron chi connectivity index (χ1n) is 7.31. The van der Waals surface area contributed by atoms with Crippen molar-refractivity contribution in [2.45, 2.75) is 26.4 Å². The summed E-state index contributed by atoms with van der Waals surface area (Å²) in [5.41, 5.74) is -2.44. The van der Waals surface area contributed by atoms with Crippen molar-refractivity contribution >= 4 is 6.08 Å². The highest BCUT2D eigenvalue weighted by Gasteiger charge is 2.40. The van der Waals surface area contributed by atoms with E-state index >= 15 is 0 Å². The molecule has 1 heterocycles. The molecule has 0 radical (unpaired) electrons. The van der Waals surface area contributed by atoms with Crippen LogP contribution in [-0.4, -0.2) is 9.78 Å². The first-order valence-corrected chi connectivity index (χ1v) is 7.31. The van der Waals surface area contributed by atoms with Crippen LogP contribution in [0, 0.1) is 28.4 Å². The van der Waals surface area contributed by atoms with Crippen molar-refractivity contribution in [3.05, 3.63) is 52.4 Å². The molecule has 0 unspecified atom stereocenters. The fourth-order valence-corrected chi connectivity index (χ4v) is 2.82. The highest BCUT2D eigenvalue weighted by Crippen LogP contribution is 2.40. The molecule has 3 rings (SSSR count). The molecular formula is C17H12F5N3. The molecule has 0 atom stereocenters. The molecule has 0 bridgehead atoms. The van der Waals surface area contributed by atoms with Crippen LogP contribution in [0.5, 0.6) is 0 Å². The first-order chi connectivity index (χ1) is 11.5. The highest BCUT2D eigenvalue weighted by atomic mass is 19.4. The zero-order chi connectivity index (χ0) is 18.6. The fourth-order valence-electron chi connectivity index (χ4n) is 2.82. The summed E-state index contributed by atoms with van der Waals surface area (Å²) in [6.45, 7) is 3.66. The van der Waals surface area contributed by atoms with Crippen molar-refractivity contribution in [2.24, 2.45) is 5.41 Å². The van der Waals surface area contributed by atoms with Gasteiger partial charge in [-0.1, -0.05) is 26.0 Å². The molecule has 0 saturated heterocycles. The van der Waals surface area contributed by atoms with Gasteiger partial charge in [-0.2, -0.15) is 23.5 Å². The van der Waals surface area contributed by atoms with E-state index < -0.39 is 34.5 Å². The second kappa shape index (κ2) is 5.41. The van der Waals surface area contributed by atoms with Gasteiger partial charge in [0.2, 0.25) is 0 Å². The van der Waals surface area contributed by atoms with E-state index in [0.717, 1.165) is 16.8 Å². The normalized spacial score (nSPS) is 15.8. The maximum absolute atomic E-state index is 13.9. The molecule has 1 aromatic heterocycles. The molecule has 2 aromatic rings. The van der Waals surface area contributed by atoms with Crippen LogP contribution in [-0.2, 0) is 12.6 Å². The summed E-state index contributed by atoms with van der Waals surface area (Å²) in [6, 6.07) is 2.99. The molecule has 130 valence electrons. The first kappa shape index (κ1) is 17.1. The second-order valence-electron chi connectivity index (χ2n) is 6.51. The van der Waals surface area contributed by atoms with Gasteiger partial charge in [0, 0.05) is 17.7 Å². The minimum atomic E-state index is -4.70. The van der Waals surface area contributed by atoms with Gasteiger partial charge >= 0.3 is 6.18 Å². The number of nitriles is 1. The monoisotopic (exact) mass is 353 g/mol. The lowest BCUT2D eigenvalue weighted by atomic mass is 9.82. The Morgan fingerprint density at radius 1 is 1.20 bits per heavy atom. The molecule has 0 saturated carbocycles. The van der Waals surface area contributed by atoms with E-state index in [4.69, 9.17) is 5.26 Å². The van der Waals surface area contributed by atoms with Crippen LogP contribution in [0.3, 0.4) is 0 Å². The maximum Gasteiger partial charge on any atom is 0.435 e. The number of halogens is 5. The summed E-state index contributed by atoms with van der Waals surface area (Å²) in [5, 5.41) is 12.3. The van der Waals surface area contributed by atoms with Gasteiger partial charge < -0.3 is 0 Å². The average molecular weight is 353 g/mol. The van der Waals surface area contributed by atoms with Crippen LogP contribution < -0.4 is 0 Å². The number of hydrogen-bond donors (Lipinski definition) is 0. The van der Waals surface area contributed by atoms with Crippen molar-refractivity contribution in [1.29, 1.82) is 5.26 Å². The lowest BCUT2D eigenvalue weighted by Crippen LogP contribution is -2.18. The van der Waals surface area contributed by atoms with Gasteiger partial charge in [0.25, 0.3) is 0 Å². The van der Waals surface area contributed by atoms with Crippen LogP contribution in [0.4, 0.5) is 22.0 Å². The van der Waals surface area contributed by atoms with Gasteiger partial charge in [-0.25, -0.2) is 13.5 Å². The van der Waals surface area contributed by atoms with E-state index in [9.17, 15) is 22.0 Å². The van der Waals surface area contributed by atoms with Crippen molar-refractivity contribution in [3.63, 3.8) is 0 Å². The summed E-state index contributed by atoms with van der Waals surface area (Å²) in [7, 11) is 0. The standard InChI is InChI=1S/C17H12F5N3/c1-16(2)4-3-10-14(7-16)25(24-15(10)17(20,21)22)9-5-12(18)11(8-23)13(19)6-9/h3-6H,7H2,1-2H3. The molecule has 0 spiro atoms. The highest BCUT2D eigenvalue weighted by molar-refractivity contribution is 5.61. The van der Waals surface area contributed by atoms with Crippen LogP contribution in [0.1, 0.15) is 36.4 Å². The van der Waals surface area contributed by atoms with Gasteiger partial charge in [0.1, 0.15) is 23.3 Å². The minimum absolute atomic E-state index is 0.114. The lowest BCUT2D eigenvalue weighted by Gasteiger charge is -2.25. The third kappa shape index (κ3) is 2.90. The van der Waals surface area contributed by atoms with Crippen molar-refractivity contribution < 1.29 is 22.0 Å². The lowest BCUT2D eigenvalue weighted by molar-refractivity contribution is -0.141. The van der Waals surface area contributed by atoms with E-state index in [0.29, 0.717) is 0 Å². The number of fused-ring (bicyclic) bond motifs is 1. The zero-order valence-electron chi connectivity index (χ0n) is 13.2. The topological polar surface area (TPSA) is 41.6 Å². The SMILES string of the molecule is CC1(C)C=Cc2c(C(F)(F)F)nn(-c3cc(F)c(C#N)c(F)c3)c2C1. The number of rotatable bonds is 1. The fraction of sp³-hybridized carbons (Fsp3) is 0.294. The van der Waals surface area contributed by atoms with Gasteiger partial charge in [0.05, 0.1) is 11.4 Å². The number of alkyl halides is 3. The Labute approximate surface area is 140 Å². The van der Waals surface area contributed by atoms with Crippen molar-refractivity contribution in [3.8, 4) is 11.8 Å². The van der Waals surface area contributed by atoms with Gasteiger partial charge in [-0.05, 0) is 11.8 Å². The summed E-state index contributed by atoms with van der Waals surface area (Å²) in [6.07, 6.45) is -1.51. The quantitative estimate of drug-likeness (QED) is 0.701. The predicted octanol–water partition coefficient (Wildman–Crippen LogP) is 4.64. The zero-order valence-corrected chi connectivity index (χ0v) is 13.2. The predicted molar refractivity (Wildman–Crippen MR) is 79.7 cm³/mol. The van der Waals surface area contributed by atoms with Crippen LogP contribution in [0.15, 0.2) is 18.2 Å². The number of allylic oxidation sites excluding steroid dienone is 1. The average Bonchev–Trinajstić information content (AvgIpc) is 2.84. The van der Waals surface area contributed by atoms with Crippen LogP contribution in [0.25, 0.3) is 11.8 Å². The van der Waals surface area contributed by atoms with Gasteiger partial charge in [0.15, 0.2) is 5.69 Å². The van der Waals surface area contributed by atoms with E-state index in [-0.39, 0.29) is 23.4 Å². The molecular weight excluding hydrogens is 341 g/mol. The summed E-state index contributed by atoms with van der Waals surface area (Å²) in [4.78, 5) is 0. The molecule has 25 heavy (non-hydrogen) atoms. The molecule has 3 nitrogen and oxygen atoms in total. The Morgan fingerprint density at radius 3 is 2.32 bits per heavy atom. The Hall–Kier alpha value is -2.69. The second-order valence-corrected chi connectivity index (χ2v) is 6.51. The smallest absolute Gasteiger partial charge is 0.236 e. The van der Waals surface area contributed by atoms with Crippen molar-refractivity contribution in [1.82, 2.24) is 9.78 Å². The molecule has 1 aliphatic rings. The number of aromatic nitrogens is 2. The molecule has 1 aromatic carbocycles. The van der Waals surface area contributed by atoms with Crippen LogP contribution >= 0.6 is 0 Å². The van der Waals surface area contributed by atoms with E-state index in [1.165, 1.54) is 12.1 Å².